The van der Waals surface area contributed by atoms with Crippen molar-refractivity contribution in [2.45, 2.75) is 29.4 Å². The Labute approximate surface area is 213 Å². The fourth-order valence-corrected chi connectivity index (χ4v) is 7.03. The second kappa shape index (κ2) is 10.2. The van der Waals surface area contributed by atoms with Gasteiger partial charge in [-0.1, -0.05) is 31.9 Å². The molecule has 182 valence electrons. The molecule has 11 heteroatoms. The molecule has 0 unspecified atom stereocenters. The summed E-state index contributed by atoms with van der Waals surface area (Å²) in [7, 11) is 0. The highest BCUT2D eigenvalue weighted by atomic mass is 79.9. The third-order valence-electron chi connectivity index (χ3n) is 6.66. The number of carbonyl (C=O) groups is 5. The van der Waals surface area contributed by atoms with Gasteiger partial charge in [0.25, 0.3) is 5.91 Å². The number of imide groups is 1. The molecule has 1 aliphatic heterocycles. The van der Waals surface area contributed by atoms with Gasteiger partial charge in [0.2, 0.25) is 11.8 Å². The monoisotopic (exact) mass is 598 g/mol. The van der Waals surface area contributed by atoms with E-state index in [1.807, 2.05) is 0 Å². The largest absolute Gasteiger partial charge is 0.462 e. The van der Waals surface area contributed by atoms with Crippen LogP contribution in [0.2, 0.25) is 0 Å². The maximum absolute atomic E-state index is 12.8. The summed E-state index contributed by atoms with van der Waals surface area (Å²) in [4.78, 5) is 63.0. The van der Waals surface area contributed by atoms with Crippen LogP contribution in [-0.2, 0) is 28.7 Å². The first-order chi connectivity index (χ1) is 16.2. The average molecular weight is 600 g/mol. The number of halogens is 2. The van der Waals surface area contributed by atoms with Crippen LogP contribution in [0.4, 0.5) is 5.69 Å². The van der Waals surface area contributed by atoms with E-state index in [-0.39, 0.29) is 64.7 Å². The number of anilines is 1. The second-order valence-corrected chi connectivity index (χ2v) is 10.7. The van der Waals surface area contributed by atoms with E-state index in [0.717, 1.165) is 6.42 Å². The minimum absolute atomic E-state index is 0.0558. The highest BCUT2D eigenvalue weighted by Crippen LogP contribution is 2.60. The summed E-state index contributed by atoms with van der Waals surface area (Å²) < 4.78 is 9.89. The maximum Gasteiger partial charge on any atom is 0.338 e. The quantitative estimate of drug-likeness (QED) is 0.277. The first-order valence-electron chi connectivity index (χ1n) is 11.1. The molecule has 2 bridgehead atoms. The zero-order chi connectivity index (χ0) is 24.6. The second-order valence-electron chi connectivity index (χ2n) is 8.59. The van der Waals surface area contributed by atoms with E-state index < -0.39 is 24.5 Å². The van der Waals surface area contributed by atoms with Crippen LogP contribution in [0.25, 0.3) is 0 Å². The Kier molecular flexibility index (Phi) is 7.42. The predicted octanol–water partition coefficient (Wildman–Crippen LogP) is 2.51. The summed E-state index contributed by atoms with van der Waals surface area (Å²) in [6.45, 7) is 1.41. The Morgan fingerprint density at radius 2 is 1.59 bits per heavy atom. The molecule has 1 aromatic carbocycles. The lowest BCUT2D eigenvalue weighted by atomic mass is 9.81. The SMILES string of the molecule is CCOC(=O)c1ccc(NC(=O)COC(=O)CCN2C(=O)[C@@H]3[C@H]4C[C@@H]([C@H](Br)[C@H]4Br)[C@H]3C2=O)cc1. The molecule has 1 N–H and O–H groups in total. The van der Waals surface area contributed by atoms with Gasteiger partial charge in [-0.15, -0.1) is 0 Å². The van der Waals surface area contributed by atoms with Gasteiger partial charge in [0.15, 0.2) is 6.61 Å². The molecular formula is C23H24Br2N2O7. The van der Waals surface area contributed by atoms with E-state index in [0.29, 0.717) is 11.3 Å². The van der Waals surface area contributed by atoms with Crippen molar-refractivity contribution >= 4 is 67.2 Å². The molecule has 2 aliphatic carbocycles. The molecule has 1 heterocycles. The lowest BCUT2D eigenvalue weighted by Gasteiger charge is -2.28. The highest BCUT2D eigenvalue weighted by molar-refractivity contribution is 9.12. The molecule has 9 nitrogen and oxygen atoms in total. The third kappa shape index (κ3) is 4.64. The van der Waals surface area contributed by atoms with Gasteiger partial charge in [0.05, 0.1) is 30.4 Å². The van der Waals surface area contributed by atoms with Crippen molar-refractivity contribution in [1.82, 2.24) is 4.90 Å². The lowest BCUT2D eigenvalue weighted by molar-refractivity contribution is -0.149. The molecule has 2 saturated carbocycles. The number of amides is 3. The van der Waals surface area contributed by atoms with E-state index in [1.165, 1.54) is 29.2 Å². The van der Waals surface area contributed by atoms with Crippen molar-refractivity contribution < 1.29 is 33.4 Å². The van der Waals surface area contributed by atoms with Crippen LogP contribution in [-0.4, -0.2) is 64.0 Å². The molecule has 6 atom stereocenters. The Bertz CT molecular complexity index is 983. The summed E-state index contributed by atoms with van der Waals surface area (Å²) in [6.07, 6.45) is 0.665. The van der Waals surface area contributed by atoms with Gasteiger partial charge in [-0.3, -0.25) is 24.1 Å². The number of alkyl halides is 2. The number of benzene rings is 1. The number of likely N-dealkylation sites (tertiary alicyclic amines) is 1. The number of ether oxygens (including phenoxy) is 2. The van der Waals surface area contributed by atoms with Crippen LogP contribution in [0.1, 0.15) is 30.1 Å². The number of esters is 2. The molecule has 34 heavy (non-hydrogen) atoms. The van der Waals surface area contributed by atoms with E-state index in [9.17, 15) is 24.0 Å². The van der Waals surface area contributed by atoms with Crippen molar-refractivity contribution in [1.29, 1.82) is 0 Å². The molecule has 3 fully saturated rings. The molecule has 1 aromatic rings. The number of nitrogens with zero attached hydrogens (tertiary/aromatic N) is 1. The Hall–Kier alpha value is -2.27. The van der Waals surface area contributed by atoms with Crippen molar-refractivity contribution in [2.75, 3.05) is 25.1 Å². The van der Waals surface area contributed by atoms with Crippen LogP contribution in [0, 0.1) is 23.7 Å². The standard InChI is InChI=1S/C23H24Br2N2O7/c1-2-33-23(32)11-3-5-12(6-4-11)26-15(28)10-34-16(29)7-8-27-21(30)17-13-9-14(18(17)22(27)31)20(25)19(13)24/h3-6,13-14,17-20H,2,7-10H2,1H3,(H,26,28)/t13-,14-,17-,18-,19+,20+/m1/s1. The molecule has 0 radical (unpaired) electrons. The van der Waals surface area contributed by atoms with Crippen LogP contribution in [0.5, 0.6) is 0 Å². The zero-order valence-corrected chi connectivity index (χ0v) is 21.5. The van der Waals surface area contributed by atoms with Gasteiger partial charge in [-0.2, -0.15) is 0 Å². The van der Waals surface area contributed by atoms with Gasteiger partial charge in [-0.25, -0.2) is 4.79 Å². The fourth-order valence-electron chi connectivity index (χ4n) is 5.15. The fraction of sp³-hybridized carbons (Fsp3) is 0.522. The van der Waals surface area contributed by atoms with Crippen LogP contribution in [0.3, 0.4) is 0 Å². The summed E-state index contributed by atoms with van der Waals surface area (Å²) in [6, 6.07) is 6.10. The van der Waals surface area contributed by atoms with Crippen molar-refractivity contribution in [2.24, 2.45) is 23.7 Å². The average Bonchev–Trinajstić information content (AvgIpc) is 3.42. The number of rotatable bonds is 8. The summed E-state index contributed by atoms with van der Waals surface area (Å²) in [5, 5.41) is 2.56. The van der Waals surface area contributed by atoms with Crippen LogP contribution >= 0.6 is 31.9 Å². The van der Waals surface area contributed by atoms with E-state index in [4.69, 9.17) is 9.47 Å². The molecule has 1 saturated heterocycles. The molecule has 3 amide bonds. The molecule has 0 aromatic heterocycles. The minimum Gasteiger partial charge on any atom is -0.462 e. The number of carbonyl (C=O) groups excluding carboxylic acids is 5. The van der Waals surface area contributed by atoms with Crippen molar-refractivity contribution in [3.8, 4) is 0 Å². The summed E-state index contributed by atoms with van der Waals surface area (Å²) in [5.74, 6) is -2.55. The Morgan fingerprint density at radius 3 is 2.15 bits per heavy atom. The normalized spacial score (nSPS) is 29.2. The number of fused-ring (bicyclic) bond motifs is 5. The van der Waals surface area contributed by atoms with E-state index in [1.54, 1.807) is 6.92 Å². The lowest BCUT2D eigenvalue weighted by Crippen LogP contribution is -2.37. The minimum atomic E-state index is -0.676. The molecule has 4 rings (SSSR count). The Balaban J connectivity index is 1.22. The topological polar surface area (TPSA) is 119 Å². The van der Waals surface area contributed by atoms with Gasteiger partial charge < -0.3 is 14.8 Å². The third-order valence-corrected chi connectivity index (χ3v) is 9.87. The van der Waals surface area contributed by atoms with Gasteiger partial charge in [-0.05, 0) is 49.4 Å². The predicted molar refractivity (Wildman–Crippen MR) is 127 cm³/mol. The zero-order valence-electron chi connectivity index (χ0n) is 18.4. The van der Waals surface area contributed by atoms with Crippen LogP contribution in [0.15, 0.2) is 24.3 Å². The number of hydrogen-bond donors (Lipinski definition) is 1. The van der Waals surface area contributed by atoms with Gasteiger partial charge >= 0.3 is 11.9 Å². The summed E-state index contributed by atoms with van der Waals surface area (Å²) in [5.41, 5.74) is 0.784. The van der Waals surface area contributed by atoms with Crippen molar-refractivity contribution in [3.63, 3.8) is 0 Å². The van der Waals surface area contributed by atoms with Crippen LogP contribution < -0.4 is 5.32 Å². The number of nitrogens with one attached hydrogen (secondary N) is 1. The molecule has 3 aliphatic rings. The molecule has 0 spiro atoms. The smallest absolute Gasteiger partial charge is 0.338 e. The first-order valence-corrected chi connectivity index (χ1v) is 12.9. The molecular weight excluding hydrogens is 576 g/mol. The van der Waals surface area contributed by atoms with Gasteiger partial charge in [0.1, 0.15) is 0 Å². The van der Waals surface area contributed by atoms with Crippen molar-refractivity contribution in [3.05, 3.63) is 29.8 Å². The van der Waals surface area contributed by atoms with E-state index in [2.05, 4.69) is 37.2 Å². The van der Waals surface area contributed by atoms with E-state index >= 15 is 0 Å². The maximum atomic E-state index is 12.8. The van der Waals surface area contributed by atoms with Gasteiger partial charge in [0, 0.05) is 21.9 Å². The first kappa shape index (κ1) is 24.8. The Morgan fingerprint density at radius 1 is 1.00 bits per heavy atom. The number of hydrogen-bond acceptors (Lipinski definition) is 7. The summed E-state index contributed by atoms with van der Waals surface area (Å²) >= 11 is 7.28. The highest BCUT2D eigenvalue weighted by Gasteiger charge is 2.66.